The van der Waals surface area contributed by atoms with Crippen molar-refractivity contribution in [2.24, 2.45) is 5.10 Å². The van der Waals surface area contributed by atoms with Crippen LogP contribution < -0.4 is 15.5 Å². The average Bonchev–Trinajstić information content (AvgIpc) is 2.83. The fourth-order valence-corrected chi connectivity index (χ4v) is 4.15. The summed E-state index contributed by atoms with van der Waals surface area (Å²) in [5, 5.41) is 38.5. The second-order valence-electron chi connectivity index (χ2n) is 7.05. The third-order valence-electron chi connectivity index (χ3n) is 4.76. The summed E-state index contributed by atoms with van der Waals surface area (Å²) < 4.78 is 27.6. The summed E-state index contributed by atoms with van der Waals surface area (Å²) in [4.78, 5) is 32.2. The number of benzene rings is 3. The number of anilines is 3. The average molecular weight is 514 g/mol. The van der Waals surface area contributed by atoms with E-state index in [1.165, 1.54) is 55.7 Å². The number of nitro groups is 2. The fourth-order valence-electron chi connectivity index (χ4n) is 3.05. The number of nitrogens with one attached hydrogen (secondary N) is 3. The summed E-state index contributed by atoms with van der Waals surface area (Å²) in [6.07, 6.45) is 1.20. The summed E-state index contributed by atoms with van der Waals surface area (Å²) in [5.41, 5.74) is 1.56. The Bertz CT molecular complexity index is 1490. The molecule has 0 fully saturated rings. The number of aromatic carboxylic acids is 1. The van der Waals surface area contributed by atoms with Crippen molar-refractivity contribution in [2.75, 3.05) is 22.5 Å². The molecule has 0 aromatic heterocycles. The number of hydrogen-bond acceptors (Lipinski definition) is 10. The molecule has 186 valence electrons. The van der Waals surface area contributed by atoms with Crippen molar-refractivity contribution >= 4 is 50.6 Å². The Morgan fingerprint density at radius 2 is 1.58 bits per heavy atom. The molecule has 0 amide bonds. The van der Waals surface area contributed by atoms with Gasteiger partial charge in [0.15, 0.2) is 0 Å². The molecule has 0 spiro atoms. The Labute approximate surface area is 203 Å². The minimum absolute atomic E-state index is 0.150. The van der Waals surface area contributed by atoms with Gasteiger partial charge in [-0.15, -0.1) is 0 Å². The molecule has 36 heavy (non-hydrogen) atoms. The van der Waals surface area contributed by atoms with E-state index in [0.717, 1.165) is 18.2 Å². The molecule has 0 saturated carbocycles. The SMILES string of the molecule is CNc1ccc(/C=N\Nc2ccc(S(=O)(=O)Nc3ccccc3C(=O)O)cc2[N+](=O)[O-])cc1[N+](=O)[O-]. The fraction of sp³-hybridized carbons (Fsp3) is 0.0476. The zero-order chi connectivity index (χ0) is 26.5. The second kappa shape index (κ2) is 10.5. The third-order valence-corrected chi connectivity index (χ3v) is 6.13. The third kappa shape index (κ3) is 5.71. The zero-order valence-corrected chi connectivity index (χ0v) is 19.2. The van der Waals surface area contributed by atoms with Gasteiger partial charge in [-0.25, -0.2) is 13.2 Å². The Kier molecular flexibility index (Phi) is 7.44. The van der Waals surface area contributed by atoms with Gasteiger partial charge < -0.3 is 10.4 Å². The number of para-hydroxylation sites is 1. The maximum atomic E-state index is 12.8. The lowest BCUT2D eigenvalue weighted by Crippen LogP contribution is -2.16. The topological polar surface area (TPSA) is 206 Å². The molecule has 0 aliphatic carbocycles. The van der Waals surface area contributed by atoms with Crippen LogP contribution in [0.25, 0.3) is 0 Å². The van der Waals surface area contributed by atoms with Crippen LogP contribution in [0.15, 0.2) is 70.7 Å². The molecular formula is C21H18N6O8S. The maximum absolute atomic E-state index is 12.8. The standard InChI is InChI=1S/C21H18N6O8S/c1-22-17-8-6-13(10-19(17)26(30)31)12-23-24-18-9-7-14(11-20(18)27(32)33)36(34,35)25-16-5-3-2-4-15(16)21(28)29/h2-12,22,24-25H,1H3,(H,28,29)/b23-12-. The molecule has 4 N–H and O–H groups in total. The Morgan fingerprint density at radius 3 is 2.22 bits per heavy atom. The van der Waals surface area contributed by atoms with Gasteiger partial charge in [0.2, 0.25) is 0 Å². The van der Waals surface area contributed by atoms with Crippen molar-refractivity contribution in [2.45, 2.75) is 4.90 Å². The number of nitrogens with zero attached hydrogens (tertiary/aromatic N) is 3. The number of hydrazone groups is 1. The van der Waals surface area contributed by atoms with E-state index in [1.807, 2.05) is 0 Å². The predicted octanol–water partition coefficient (Wildman–Crippen LogP) is 3.49. The molecule has 0 radical (unpaired) electrons. The van der Waals surface area contributed by atoms with E-state index in [1.54, 1.807) is 0 Å². The quantitative estimate of drug-likeness (QED) is 0.176. The van der Waals surface area contributed by atoms with E-state index in [-0.39, 0.29) is 28.3 Å². The summed E-state index contributed by atoms with van der Waals surface area (Å²) in [6.45, 7) is 0. The zero-order valence-electron chi connectivity index (χ0n) is 18.4. The molecule has 14 nitrogen and oxygen atoms in total. The van der Waals surface area contributed by atoms with Crippen molar-refractivity contribution in [1.29, 1.82) is 0 Å². The van der Waals surface area contributed by atoms with E-state index in [4.69, 9.17) is 0 Å². The summed E-state index contributed by atoms with van der Waals surface area (Å²) >= 11 is 0. The first kappa shape index (κ1) is 25.6. The Balaban J connectivity index is 1.87. The van der Waals surface area contributed by atoms with Crippen LogP contribution in [0.1, 0.15) is 15.9 Å². The monoisotopic (exact) mass is 514 g/mol. The number of carboxylic acids is 1. The molecule has 3 rings (SSSR count). The van der Waals surface area contributed by atoms with Gasteiger partial charge in [0, 0.05) is 24.7 Å². The highest BCUT2D eigenvalue weighted by molar-refractivity contribution is 7.92. The lowest BCUT2D eigenvalue weighted by Gasteiger charge is -2.11. The molecule has 0 atom stereocenters. The molecule has 0 aliphatic heterocycles. The normalized spacial score (nSPS) is 11.1. The van der Waals surface area contributed by atoms with E-state index in [2.05, 4.69) is 20.6 Å². The first-order chi connectivity index (χ1) is 17.0. The highest BCUT2D eigenvalue weighted by Gasteiger charge is 2.23. The van der Waals surface area contributed by atoms with Gasteiger partial charge >= 0.3 is 5.97 Å². The van der Waals surface area contributed by atoms with Crippen LogP contribution in [0, 0.1) is 20.2 Å². The van der Waals surface area contributed by atoms with Crippen LogP contribution in [0.4, 0.5) is 28.4 Å². The molecular weight excluding hydrogens is 496 g/mol. The molecule has 0 bridgehead atoms. The number of sulfonamides is 1. The largest absolute Gasteiger partial charge is 0.478 e. The van der Waals surface area contributed by atoms with Gasteiger partial charge in [-0.2, -0.15) is 5.10 Å². The first-order valence-corrected chi connectivity index (χ1v) is 11.4. The summed E-state index contributed by atoms with van der Waals surface area (Å²) in [6, 6.07) is 12.5. The van der Waals surface area contributed by atoms with Gasteiger partial charge in [0.1, 0.15) is 11.4 Å². The molecule has 0 heterocycles. The second-order valence-corrected chi connectivity index (χ2v) is 8.73. The van der Waals surface area contributed by atoms with E-state index >= 15 is 0 Å². The van der Waals surface area contributed by atoms with Crippen molar-refractivity contribution < 1.29 is 28.2 Å². The van der Waals surface area contributed by atoms with Crippen molar-refractivity contribution in [3.8, 4) is 0 Å². The van der Waals surface area contributed by atoms with Crippen molar-refractivity contribution in [3.63, 3.8) is 0 Å². The van der Waals surface area contributed by atoms with Crippen molar-refractivity contribution in [1.82, 2.24) is 0 Å². The van der Waals surface area contributed by atoms with Crippen LogP contribution in [0.2, 0.25) is 0 Å². The minimum atomic E-state index is -4.38. The lowest BCUT2D eigenvalue weighted by atomic mass is 10.2. The van der Waals surface area contributed by atoms with Crippen LogP contribution in [0.5, 0.6) is 0 Å². The van der Waals surface area contributed by atoms with Gasteiger partial charge in [-0.05, 0) is 30.3 Å². The van der Waals surface area contributed by atoms with Crippen molar-refractivity contribution in [3.05, 3.63) is 92.0 Å². The van der Waals surface area contributed by atoms with E-state index < -0.39 is 36.4 Å². The van der Waals surface area contributed by atoms with Gasteiger partial charge in [0.25, 0.3) is 21.4 Å². The van der Waals surface area contributed by atoms with E-state index in [0.29, 0.717) is 5.56 Å². The predicted molar refractivity (Wildman–Crippen MR) is 131 cm³/mol. The van der Waals surface area contributed by atoms with Crippen LogP contribution in [-0.2, 0) is 10.0 Å². The number of carbonyl (C=O) groups is 1. The van der Waals surface area contributed by atoms with Gasteiger partial charge in [0.05, 0.1) is 32.2 Å². The van der Waals surface area contributed by atoms with Crippen LogP contribution >= 0.6 is 0 Å². The smallest absolute Gasteiger partial charge is 0.337 e. The summed E-state index contributed by atoms with van der Waals surface area (Å²) in [5.74, 6) is -1.36. The molecule has 0 unspecified atom stereocenters. The molecule has 3 aromatic carbocycles. The number of rotatable bonds is 10. The number of carboxylic acid groups (broad SMARTS) is 1. The van der Waals surface area contributed by atoms with Crippen LogP contribution in [0.3, 0.4) is 0 Å². The summed E-state index contributed by atoms with van der Waals surface area (Å²) in [7, 11) is -2.85. The Hall–Kier alpha value is -5.05. The Morgan fingerprint density at radius 1 is 0.944 bits per heavy atom. The number of nitro benzene ring substituents is 2. The van der Waals surface area contributed by atoms with E-state index in [9.17, 15) is 38.5 Å². The van der Waals surface area contributed by atoms with Crippen LogP contribution in [-0.4, -0.2) is 42.6 Å². The molecule has 0 aliphatic rings. The first-order valence-electron chi connectivity index (χ1n) is 9.92. The maximum Gasteiger partial charge on any atom is 0.337 e. The molecule has 3 aromatic rings. The highest BCUT2D eigenvalue weighted by atomic mass is 32.2. The molecule has 15 heteroatoms. The van der Waals surface area contributed by atoms with Gasteiger partial charge in [-0.1, -0.05) is 18.2 Å². The minimum Gasteiger partial charge on any atom is -0.478 e. The number of hydrogen-bond donors (Lipinski definition) is 4. The van der Waals surface area contributed by atoms with Gasteiger partial charge in [-0.3, -0.25) is 30.4 Å². The lowest BCUT2D eigenvalue weighted by molar-refractivity contribution is -0.384. The highest BCUT2D eigenvalue weighted by Crippen LogP contribution is 2.29. The molecule has 0 saturated heterocycles.